The van der Waals surface area contributed by atoms with Crippen LogP contribution in [0.2, 0.25) is 0 Å². The maximum absolute atomic E-state index is 11.8. The van der Waals surface area contributed by atoms with Gasteiger partial charge in [-0.1, -0.05) is 5.16 Å². The molecule has 1 aromatic heterocycles. The van der Waals surface area contributed by atoms with Crippen molar-refractivity contribution >= 4 is 23.7 Å². The Morgan fingerprint density at radius 2 is 2.14 bits per heavy atom. The molecule has 0 saturated carbocycles. The highest BCUT2D eigenvalue weighted by Gasteiger charge is 2.17. The van der Waals surface area contributed by atoms with Gasteiger partial charge in [0.1, 0.15) is 5.56 Å². The number of anilines is 1. The second-order valence-electron chi connectivity index (χ2n) is 4.06. The number of hydrogen-bond acceptors (Lipinski definition) is 7. The van der Waals surface area contributed by atoms with Gasteiger partial charge in [-0.2, -0.15) is 5.10 Å². The second kappa shape index (κ2) is 5.82. The Bertz CT molecular complexity index is 685. The third-order valence-corrected chi connectivity index (χ3v) is 2.60. The number of benzene rings is 1. The number of hydrazone groups is 1. The third kappa shape index (κ3) is 3.21. The van der Waals surface area contributed by atoms with Crippen molar-refractivity contribution in [2.75, 3.05) is 5.73 Å². The molecule has 0 radical (unpaired) electrons. The highest BCUT2D eigenvalue weighted by atomic mass is 16.6. The molecule has 0 aliphatic carbocycles. The molecule has 1 aromatic carbocycles. The van der Waals surface area contributed by atoms with Crippen molar-refractivity contribution in [3.63, 3.8) is 0 Å². The van der Waals surface area contributed by atoms with Crippen LogP contribution in [-0.2, 0) is 0 Å². The lowest BCUT2D eigenvalue weighted by molar-refractivity contribution is -0.384. The maximum Gasteiger partial charge on any atom is 0.278 e. The van der Waals surface area contributed by atoms with Crippen LogP contribution < -0.4 is 11.2 Å². The van der Waals surface area contributed by atoms with Crippen LogP contribution in [0.1, 0.15) is 21.6 Å². The van der Waals surface area contributed by atoms with Crippen LogP contribution in [0, 0.1) is 17.0 Å². The van der Waals surface area contributed by atoms with Gasteiger partial charge in [0, 0.05) is 12.1 Å². The van der Waals surface area contributed by atoms with Gasteiger partial charge in [0.25, 0.3) is 11.6 Å². The van der Waals surface area contributed by atoms with Gasteiger partial charge in [0.2, 0.25) is 5.88 Å². The van der Waals surface area contributed by atoms with Gasteiger partial charge in [-0.05, 0) is 24.6 Å². The number of nitrogens with two attached hydrogens (primary N) is 1. The normalized spacial score (nSPS) is 10.7. The van der Waals surface area contributed by atoms with Crippen LogP contribution in [0.5, 0.6) is 0 Å². The van der Waals surface area contributed by atoms with Gasteiger partial charge < -0.3 is 10.3 Å². The molecule has 1 heterocycles. The molecule has 0 atom stereocenters. The van der Waals surface area contributed by atoms with Crippen LogP contribution >= 0.6 is 0 Å². The second-order valence-corrected chi connectivity index (χ2v) is 4.06. The molecule has 21 heavy (non-hydrogen) atoms. The van der Waals surface area contributed by atoms with Gasteiger partial charge in [-0.3, -0.25) is 14.9 Å². The van der Waals surface area contributed by atoms with E-state index in [0.29, 0.717) is 11.3 Å². The van der Waals surface area contributed by atoms with E-state index in [1.54, 1.807) is 6.92 Å². The van der Waals surface area contributed by atoms with Crippen LogP contribution in [0.15, 0.2) is 33.9 Å². The summed E-state index contributed by atoms with van der Waals surface area (Å²) in [6.45, 7) is 1.58. The van der Waals surface area contributed by atoms with E-state index in [1.807, 2.05) is 0 Å². The van der Waals surface area contributed by atoms with E-state index >= 15 is 0 Å². The van der Waals surface area contributed by atoms with Gasteiger partial charge in [-0.25, -0.2) is 5.43 Å². The number of nitrogens with one attached hydrogen (secondary N) is 1. The number of nitro groups is 1. The molecule has 0 aliphatic heterocycles. The Hall–Kier alpha value is -3.23. The molecule has 2 aromatic rings. The molecule has 0 unspecified atom stereocenters. The van der Waals surface area contributed by atoms with Crippen LogP contribution in [0.3, 0.4) is 0 Å². The first-order valence-corrected chi connectivity index (χ1v) is 5.78. The van der Waals surface area contributed by atoms with Gasteiger partial charge >= 0.3 is 0 Å². The minimum absolute atomic E-state index is 0.0240. The van der Waals surface area contributed by atoms with E-state index in [2.05, 4.69) is 20.2 Å². The molecule has 2 rings (SSSR count). The van der Waals surface area contributed by atoms with E-state index in [0.717, 1.165) is 0 Å². The van der Waals surface area contributed by atoms with Crippen molar-refractivity contribution < 1.29 is 14.2 Å². The van der Waals surface area contributed by atoms with Crippen LogP contribution in [0.25, 0.3) is 0 Å². The minimum atomic E-state index is -0.551. The summed E-state index contributed by atoms with van der Waals surface area (Å²) >= 11 is 0. The molecule has 0 saturated heterocycles. The Morgan fingerprint density at radius 3 is 2.67 bits per heavy atom. The molecule has 0 spiro atoms. The summed E-state index contributed by atoms with van der Waals surface area (Å²) in [6.07, 6.45) is 1.35. The third-order valence-electron chi connectivity index (χ3n) is 2.60. The van der Waals surface area contributed by atoms with E-state index in [4.69, 9.17) is 5.73 Å². The summed E-state index contributed by atoms with van der Waals surface area (Å²) in [5.41, 5.74) is 8.78. The van der Waals surface area contributed by atoms with Crippen molar-refractivity contribution in [2.24, 2.45) is 5.10 Å². The zero-order chi connectivity index (χ0) is 15.4. The molecular formula is C12H11N5O4. The average molecular weight is 289 g/mol. The molecule has 1 amide bonds. The zero-order valence-corrected chi connectivity index (χ0v) is 10.9. The number of nitrogens with zero attached hydrogens (tertiary/aromatic N) is 3. The molecule has 9 heteroatoms. The van der Waals surface area contributed by atoms with E-state index < -0.39 is 10.8 Å². The Labute approximate surface area is 118 Å². The molecule has 0 fully saturated rings. The predicted molar refractivity (Wildman–Crippen MR) is 73.8 cm³/mol. The number of amides is 1. The number of non-ortho nitro benzene ring substituents is 1. The summed E-state index contributed by atoms with van der Waals surface area (Å²) < 4.78 is 4.67. The summed E-state index contributed by atoms with van der Waals surface area (Å²) in [6, 6.07) is 5.69. The van der Waals surface area contributed by atoms with Crippen molar-refractivity contribution in [1.82, 2.24) is 10.6 Å². The number of nitrogen functional groups attached to an aromatic ring is 1. The average Bonchev–Trinajstić information content (AvgIpc) is 2.78. The minimum Gasteiger partial charge on any atom is -0.367 e. The summed E-state index contributed by atoms with van der Waals surface area (Å²) in [5, 5.41) is 17.8. The molecule has 3 N–H and O–H groups in total. The number of hydrogen-bond donors (Lipinski definition) is 2. The van der Waals surface area contributed by atoms with Gasteiger partial charge in [-0.15, -0.1) is 0 Å². The number of rotatable bonds is 4. The van der Waals surface area contributed by atoms with Gasteiger partial charge in [0.15, 0.2) is 0 Å². The largest absolute Gasteiger partial charge is 0.367 e. The standard InChI is InChI=1S/C12H11N5O4/c1-7-10(11(13)21-16-7)12(18)15-14-6-8-2-4-9(5-3-8)17(19)20/h2-6H,13H2,1H3,(H,15,18)/b14-6+. The van der Waals surface area contributed by atoms with E-state index in [-0.39, 0.29) is 17.1 Å². The number of carbonyl (C=O) groups is 1. The van der Waals surface area contributed by atoms with Crippen molar-refractivity contribution in [3.05, 3.63) is 51.2 Å². The number of carbonyl (C=O) groups excluding carboxylic acids is 1. The molecule has 0 bridgehead atoms. The fourth-order valence-electron chi connectivity index (χ4n) is 1.57. The zero-order valence-electron chi connectivity index (χ0n) is 10.9. The molecule has 0 aliphatic rings. The topological polar surface area (TPSA) is 137 Å². The fraction of sp³-hybridized carbons (Fsp3) is 0.0833. The smallest absolute Gasteiger partial charge is 0.278 e. The Kier molecular flexibility index (Phi) is 3.93. The number of nitro benzene ring substituents is 1. The molecule has 108 valence electrons. The number of aryl methyl sites for hydroxylation is 1. The lowest BCUT2D eigenvalue weighted by Crippen LogP contribution is -2.19. The summed E-state index contributed by atoms with van der Waals surface area (Å²) in [5.74, 6) is -0.639. The first-order chi connectivity index (χ1) is 9.99. The van der Waals surface area contributed by atoms with E-state index in [1.165, 1.54) is 30.5 Å². The summed E-state index contributed by atoms with van der Waals surface area (Å²) in [4.78, 5) is 21.8. The molecular weight excluding hydrogens is 278 g/mol. The predicted octanol–water partition coefficient (Wildman–Crippen LogP) is 1.24. The SMILES string of the molecule is Cc1noc(N)c1C(=O)N/N=C/c1ccc([N+](=O)[O-])cc1. The quantitative estimate of drug-likeness (QED) is 0.493. The lowest BCUT2D eigenvalue weighted by Gasteiger charge is -1.98. The first-order valence-electron chi connectivity index (χ1n) is 5.78. The maximum atomic E-state index is 11.8. The lowest BCUT2D eigenvalue weighted by atomic mass is 10.2. The fourth-order valence-corrected chi connectivity index (χ4v) is 1.57. The van der Waals surface area contributed by atoms with Crippen LogP contribution in [0.4, 0.5) is 11.6 Å². The van der Waals surface area contributed by atoms with Gasteiger partial charge in [0.05, 0.1) is 16.8 Å². The Morgan fingerprint density at radius 1 is 1.48 bits per heavy atom. The molecule has 9 nitrogen and oxygen atoms in total. The first kappa shape index (κ1) is 14.2. The van der Waals surface area contributed by atoms with Crippen LogP contribution in [-0.4, -0.2) is 22.2 Å². The monoisotopic (exact) mass is 289 g/mol. The Balaban J connectivity index is 2.02. The summed E-state index contributed by atoms with van der Waals surface area (Å²) in [7, 11) is 0. The highest BCUT2D eigenvalue weighted by Crippen LogP contribution is 2.14. The van der Waals surface area contributed by atoms with E-state index in [9.17, 15) is 14.9 Å². The van der Waals surface area contributed by atoms with Crippen molar-refractivity contribution in [2.45, 2.75) is 6.92 Å². The van der Waals surface area contributed by atoms with Crippen molar-refractivity contribution in [1.29, 1.82) is 0 Å². The number of aromatic nitrogens is 1. The van der Waals surface area contributed by atoms with Crippen molar-refractivity contribution in [3.8, 4) is 0 Å². The highest BCUT2D eigenvalue weighted by molar-refractivity contribution is 5.99.